The number of phenols is 1. The number of aromatic hydroxyl groups is 1. The molecule has 0 fully saturated rings. The van der Waals surface area contributed by atoms with E-state index in [-0.39, 0.29) is 5.75 Å². The molecule has 4 nitrogen and oxygen atoms in total. The van der Waals surface area contributed by atoms with Crippen molar-refractivity contribution in [2.24, 2.45) is 0 Å². The van der Waals surface area contributed by atoms with Gasteiger partial charge in [-0.05, 0) is 38.1 Å². The van der Waals surface area contributed by atoms with Crippen LogP contribution in [0.1, 0.15) is 9.75 Å². The predicted molar refractivity (Wildman–Crippen MR) is 152 cm³/mol. The van der Waals surface area contributed by atoms with Gasteiger partial charge < -0.3 is 5.11 Å². The number of hydrogen-bond donors (Lipinski definition) is 1. The second-order valence-corrected chi connectivity index (χ2v) is 11.7. The maximum absolute atomic E-state index is 9.78. The van der Waals surface area contributed by atoms with E-state index in [2.05, 4.69) is 38.1 Å². The smallest absolute Gasteiger partial charge is 0.124 e. The fourth-order valence-electron chi connectivity index (χ4n) is 4.00. The number of rotatable bonds is 5. The van der Waals surface area contributed by atoms with Crippen LogP contribution in [0.4, 0.5) is 0 Å². The molecule has 0 aliphatic heterocycles. The Morgan fingerprint density at radius 2 is 0.944 bits per heavy atom. The first kappa shape index (κ1) is 22.8. The quantitative estimate of drug-likeness (QED) is 0.245. The zero-order valence-electron chi connectivity index (χ0n) is 19.6. The number of aromatic nitrogens is 3. The number of benzene rings is 3. The predicted octanol–water partition coefficient (Wildman–Crippen LogP) is 8.71. The molecule has 3 aromatic heterocycles. The summed E-state index contributed by atoms with van der Waals surface area (Å²) < 4.78 is 0. The average molecular weight is 524 g/mol. The first-order valence-electron chi connectivity index (χ1n) is 11.4. The van der Waals surface area contributed by atoms with Crippen LogP contribution in [0.25, 0.3) is 53.7 Å². The molecule has 6 rings (SSSR count). The molecule has 0 atom stereocenters. The maximum atomic E-state index is 9.78. The van der Waals surface area contributed by atoms with Crippen molar-refractivity contribution in [1.82, 2.24) is 15.0 Å². The van der Waals surface area contributed by atoms with E-state index in [1.807, 2.05) is 48.5 Å². The standard InChI is InChI=1S/C29H21N3OS3/c1-17-23(30-27(34-17)19-9-5-3-6-10-19)25-26(36-29(32-25)21-13-15-22(33)16-14-21)24-18(2)35-28(31-24)20-11-7-4-8-12-20/h3-16,33H,1-2H3. The Labute approximate surface area is 221 Å². The van der Waals surface area contributed by atoms with Crippen LogP contribution in [0.5, 0.6) is 5.75 Å². The lowest BCUT2D eigenvalue weighted by atomic mass is 10.2. The molecule has 7 heteroatoms. The van der Waals surface area contributed by atoms with Gasteiger partial charge in [-0.2, -0.15) is 0 Å². The van der Waals surface area contributed by atoms with Crippen molar-refractivity contribution in [3.8, 4) is 59.4 Å². The maximum Gasteiger partial charge on any atom is 0.124 e. The van der Waals surface area contributed by atoms with Gasteiger partial charge in [-0.1, -0.05) is 60.7 Å². The van der Waals surface area contributed by atoms with E-state index < -0.39 is 0 Å². The lowest BCUT2D eigenvalue weighted by molar-refractivity contribution is 0.475. The molecule has 0 amide bonds. The molecular formula is C29H21N3OS3. The van der Waals surface area contributed by atoms with Crippen molar-refractivity contribution >= 4 is 34.0 Å². The molecule has 6 aromatic rings. The summed E-state index contributed by atoms with van der Waals surface area (Å²) in [7, 11) is 0. The number of phenolic OH excluding ortho intramolecular Hbond substituents is 1. The van der Waals surface area contributed by atoms with Crippen LogP contribution in [0, 0.1) is 13.8 Å². The summed E-state index contributed by atoms with van der Waals surface area (Å²) in [6.45, 7) is 4.22. The summed E-state index contributed by atoms with van der Waals surface area (Å²) in [5.74, 6) is 0.237. The van der Waals surface area contributed by atoms with E-state index in [0.717, 1.165) is 63.4 Å². The van der Waals surface area contributed by atoms with Crippen molar-refractivity contribution in [1.29, 1.82) is 0 Å². The Kier molecular flexibility index (Phi) is 5.97. The second-order valence-electron chi connectivity index (χ2n) is 8.32. The zero-order chi connectivity index (χ0) is 24.6. The van der Waals surface area contributed by atoms with Crippen LogP contribution < -0.4 is 0 Å². The zero-order valence-corrected chi connectivity index (χ0v) is 22.0. The minimum atomic E-state index is 0.237. The molecule has 0 aliphatic carbocycles. The monoisotopic (exact) mass is 523 g/mol. The Morgan fingerprint density at radius 1 is 0.500 bits per heavy atom. The van der Waals surface area contributed by atoms with Gasteiger partial charge in [-0.25, -0.2) is 15.0 Å². The Bertz CT molecular complexity index is 1550. The van der Waals surface area contributed by atoms with E-state index in [4.69, 9.17) is 15.0 Å². The normalized spacial score (nSPS) is 11.2. The topological polar surface area (TPSA) is 58.9 Å². The van der Waals surface area contributed by atoms with Gasteiger partial charge in [0.2, 0.25) is 0 Å². The molecule has 3 aromatic carbocycles. The van der Waals surface area contributed by atoms with Crippen LogP contribution in [-0.2, 0) is 0 Å². The molecule has 0 radical (unpaired) electrons. The molecule has 176 valence electrons. The van der Waals surface area contributed by atoms with Gasteiger partial charge in [0.05, 0.1) is 10.6 Å². The molecule has 1 N–H and O–H groups in total. The number of thiazole rings is 3. The fourth-order valence-corrected chi connectivity index (χ4v) is 7.03. The van der Waals surface area contributed by atoms with Gasteiger partial charge in [0.25, 0.3) is 0 Å². The minimum Gasteiger partial charge on any atom is -0.508 e. The second kappa shape index (κ2) is 9.43. The van der Waals surface area contributed by atoms with Crippen molar-refractivity contribution in [2.75, 3.05) is 0 Å². The van der Waals surface area contributed by atoms with E-state index in [1.165, 1.54) is 0 Å². The molecule has 0 saturated heterocycles. The number of hydrogen-bond acceptors (Lipinski definition) is 7. The van der Waals surface area contributed by atoms with E-state index in [1.54, 1.807) is 46.1 Å². The Balaban J connectivity index is 1.53. The molecule has 0 bridgehead atoms. The van der Waals surface area contributed by atoms with Crippen LogP contribution in [0.3, 0.4) is 0 Å². The average Bonchev–Trinajstić information content (AvgIpc) is 3.62. The SMILES string of the molecule is Cc1sc(-c2ccccc2)nc1-c1nc(-c2ccc(O)cc2)sc1-c1nc(-c2ccccc2)sc1C. The van der Waals surface area contributed by atoms with Crippen LogP contribution >= 0.6 is 34.0 Å². The summed E-state index contributed by atoms with van der Waals surface area (Å²) >= 11 is 5.00. The third kappa shape index (κ3) is 4.26. The third-order valence-corrected chi connectivity index (χ3v) is 8.97. The van der Waals surface area contributed by atoms with E-state index in [9.17, 15) is 5.11 Å². The summed E-state index contributed by atoms with van der Waals surface area (Å²) in [5.41, 5.74) is 5.86. The Hall–Kier alpha value is -3.65. The highest BCUT2D eigenvalue weighted by Gasteiger charge is 2.24. The first-order valence-corrected chi connectivity index (χ1v) is 13.9. The lowest BCUT2D eigenvalue weighted by Gasteiger charge is -2.00. The van der Waals surface area contributed by atoms with Crippen molar-refractivity contribution in [2.45, 2.75) is 13.8 Å². The summed E-state index contributed by atoms with van der Waals surface area (Å²) in [6.07, 6.45) is 0. The van der Waals surface area contributed by atoms with E-state index >= 15 is 0 Å². The van der Waals surface area contributed by atoms with Crippen LogP contribution in [0.2, 0.25) is 0 Å². The summed E-state index contributed by atoms with van der Waals surface area (Å²) in [6, 6.07) is 27.7. The fraction of sp³-hybridized carbons (Fsp3) is 0.0690. The van der Waals surface area contributed by atoms with Gasteiger partial charge in [0, 0.05) is 26.4 Å². The molecule has 0 saturated carbocycles. The lowest BCUT2D eigenvalue weighted by Crippen LogP contribution is -1.87. The first-order chi connectivity index (χ1) is 17.6. The third-order valence-electron chi connectivity index (χ3n) is 5.82. The minimum absolute atomic E-state index is 0.237. The van der Waals surface area contributed by atoms with Gasteiger partial charge in [-0.3, -0.25) is 0 Å². The van der Waals surface area contributed by atoms with Gasteiger partial charge in [0.15, 0.2) is 0 Å². The molecule has 0 aliphatic rings. The molecule has 0 unspecified atom stereocenters. The highest BCUT2D eigenvalue weighted by molar-refractivity contribution is 7.20. The molecule has 3 heterocycles. The van der Waals surface area contributed by atoms with Crippen LogP contribution in [-0.4, -0.2) is 20.1 Å². The van der Waals surface area contributed by atoms with Gasteiger partial charge in [-0.15, -0.1) is 34.0 Å². The summed E-state index contributed by atoms with van der Waals surface area (Å²) in [4.78, 5) is 18.5. The van der Waals surface area contributed by atoms with Crippen molar-refractivity contribution < 1.29 is 5.11 Å². The number of aryl methyl sites for hydroxylation is 2. The van der Waals surface area contributed by atoms with Gasteiger partial charge in [0.1, 0.15) is 32.2 Å². The molecule has 0 spiro atoms. The molecular weight excluding hydrogens is 503 g/mol. The highest BCUT2D eigenvalue weighted by Crippen LogP contribution is 2.45. The van der Waals surface area contributed by atoms with Crippen molar-refractivity contribution in [3.63, 3.8) is 0 Å². The summed E-state index contributed by atoms with van der Waals surface area (Å²) in [5, 5.41) is 12.6. The highest BCUT2D eigenvalue weighted by atomic mass is 32.1. The van der Waals surface area contributed by atoms with Crippen LogP contribution in [0.15, 0.2) is 84.9 Å². The number of nitrogens with zero attached hydrogens (tertiary/aromatic N) is 3. The van der Waals surface area contributed by atoms with Crippen molar-refractivity contribution in [3.05, 3.63) is 94.7 Å². The Morgan fingerprint density at radius 3 is 1.53 bits per heavy atom. The largest absolute Gasteiger partial charge is 0.508 e. The van der Waals surface area contributed by atoms with Gasteiger partial charge >= 0.3 is 0 Å². The van der Waals surface area contributed by atoms with E-state index in [0.29, 0.717) is 0 Å². The molecule has 36 heavy (non-hydrogen) atoms.